The van der Waals surface area contributed by atoms with E-state index in [0.29, 0.717) is 24.9 Å². The topological polar surface area (TPSA) is 132 Å². The molecular formula is C36H44N4O5. The van der Waals surface area contributed by atoms with Crippen molar-refractivity contribution < 1.29 is 24.6 Å². The van der Waals surface area contributed by atoms with Gasteiger partial charge in [-0.25, -0.2) is 4.79 Å². The second-order valence-electron chi connectivity index (χ2n) is 13.4. The third kappa shape index (κ3) is 7.36. The van der Waals surface area contributed by atoms with Gasteiger partial charge in [-0.15, -0.1) is 0 Å². The van der Waals surface area contributed by atoms with Crippen molar-refractivity contribution in [3.63, 3.8) is 0 Å². The van der Waals surface area contributed by atoms with Crippen LogP contribution in [-0.4, -0.2) is 55.7 Å². The lowest BCUT2D eigenvalue weighted by Crippen LogP contribution is -2.61. The van der Waals surface area contributed by atoms with Crippen LogP contribution >= 0.6 is 0 Å². The Labute approximate surface area is 265 Å². The molecule has 9 heteroatoms. The monoisotopic (exact) mass is 612 g/mol. The molecule has 3 aromatic rings. The SMILES string of the molecule is CC(=O)N(C(C)C)C1CCC(CC(=O)Nc2cnc(-c3ccc(C4(NC(=O)O)CC(C)(O)C4)cc3)c(-c3ccccc3)c2)CC1. The summed E-state index contributed by atoms with van der Waals surface area (Å²) in [5, 5.41) is 25.5. The molecule has 2 saturated carbocycles. The van der Waals surface area contributed by atoms with E-state index < -0.39 is 17.2 Å². The Morgan fingerprint density at radius 1 is 0.978 bits per heavy atom. The van der Waals surface area contributed by atoms with Gasteiger partial charge in [-0.05, 0) is 69.6 Å². The van der Waals surface area contributed by atoms with E-state index >= 15 is 0 Å². The fourth-order valence-corrected chi connectivity index (χ4v) is 7.51. The average molecular weight is 613 g/mol. The zero-order chi connectivity index (χ0) is 32.4. The van der Waals surface area contributed by atoms with Crippen LogP contribution in [-0.2, 0) is 15.1 Å². The molecule has 2 aliphatic rings. The maximum absolute atomic E-state index is 13.1. The minimum Gasteiger partial charge on any atom is -0.465 e. The van der Waals surface area contributed by atoms with Crippen LogP contribution in [0.3, 0.4) is 0 Å². The normalized spacial score (nSPS) is 24.4. The van der Waals surface area contributed by atoms with Crippen molar-refractivity contribution in [2.45, 2.75) is 95.9 Å². The summed E-state index contributed by atoms with van der Waals surface area (Å²) < 4.78 is 0. The smallest absolute Gasteiger partial charge is 0.405 e. The molecule has 4 N–H and O–H groups in total. The van der Waals surface area contributed by atoms with Crippen LogP contribution in [0.2, 0.25) is 0 Å². The number of carbonyl (C=O) groups is 3. The molecule has 1 aromatic heterocycles. The summed E-state index contributed by atoms with van der Waals surface area (Å²) in [6.45, 7) is 7.44. The third-order valence-electron chi connectivity index (χ3n) is 9.28. The number of nitrogens with zero attached hydrogens (tertiary/aromatic N) is 2. The highest BCUT2D eigenvalue weighted by atomic mass is 16.4. The van der Waals surface area contributed by atoms with Gasteiger partial charge in [-0.3, -0.25) is 14.6 Å². The molecule has 1 heterocycles. The first-order valence-corrected chi connectivity index (χ1v) is 15.8. The number of hydrogen-bond donors (Lipinski definition) is 4. The number of amides is 3. The van der Waals surface area contributed by atoms with Crippen LogP contribution in [0.15, 0.2) is 66.9 Å². The predicted octanol–water partition coefficient (Wildman–Crippen LogP) is 6.57. The Kier molecular flexibility index (Phi) is 9.30. The van der Waals surface area contributed by atoms with Gasteiger partial charge in [0, 0.05) is 49.4 Å². The number of rotatable bonds is 9. The highest BCUT2D eigenvalue weighted by Gasteiger charge is 2.53. The number of benzene rings is 2. The number of pyridine rings is 1. The predicted molar refractivity (Wildman–Crippen MR) is 174 cm³/mol. The molecule has 0 radical (unpaired) electrons. The summed E-state index contributed by atoms with van der Waals surface area (Å²) in [6, 6.07) is 19.8. The maximum Gasteiger partial charge on any atom is 0.405 e. The van der Waals surface area contributed by atoms with E-state index in [0.717, 1.165) is 53.6 Å². The summed E-state index contributed by atoms with van der Waals surface area (Å²) in [5.41, 5.74) is 3.07. The molecular weight excluding hydrogens is 568 g/mol. The molecule has 5 rings (SSSR count). The van der Waals surface area contributed by atoms with E-state index in [2.05, 4.69) is 24.5 Å². The van der Waals surface area contributed by atoms with Gasteiger partial charge in [-0.1, -0.05) is 54.6 Å². The van der Waals surface area contributed by atoms with Crippen molar-refractivity contribution >= 4 is 23.6 Å². The van der Waals surface area contributed by atoms with Gasteiger partial charge in [0.1, 0.15) is 0 Å². The van der Waals surface area contributed by atoms with E-state index in [1.165, 1.54) is 0 Å². The molecule has 45 heavy (non-hydrogen) atoms. The second-order valence-corrected chi connectivity index (χ2v) is 13.4. The number of aliphatic hydroxyl groups is 1. The molecule has 0 aliphatic heterocycles. The Balaban J connectivity index is 1.31. The van der Waals surface area contributed by atoms with E-state index in [-0.39, 0.29) is 29.8 Å². The number of carbonyl (C=O) groups excluding carboxylic acids is 2. The van der Waals surface area contributed by atoms with Crippen LogP contribution in [0.25, 0.3) is 22.4 Å². The number of nitrogens with one attached hydrogen (secondary N) is 2. The van der Waals surface area contributed by atoms with Crippen molar-refractivity contribution in [2.24, 2.45) is 5.92 Å². The Bertz CT molecular complexity index is 1520. The number of hydrogen-bond acceptors (Lipinski definition) is 5. The number of carboxylic acid groups (broad SMARTS) is 1. The van der Waals surface area contributed by atoms with Crippen molar-refractivity contribution in [3.05, 3.63) is 72.4 Å². The van der Waals surface area contributed by atoms with Gasteiger partial charge >= 0.3 is 6.09 Å². The van der Waals surface area contributed by atoms with Crippen LogP contribution in [0, 0.1) is 5.92 Å². The Morgan fingerprint density at radius 3 is 2.18 bits per heavy atom. The minimum atomic E-state index is -1.13. The maximum atomic E-state index is 13.1. The highest BCUT2D eigenvalue weighted by molar-refractivity contribution is 5.93. The average Bonchev–Trinajstić information content (AvgIpc) is 2.97. The van der Waals surface area contributed by atoms with Crippen molar-refractivity contribution in [2.75, 3.05) is 5.32 Å². The molecule has 0 bridgehead atoms. The van der Waals surface area contributed by atoms with Gasteiger partial charge in [-0.2, -0.15) is 0 Å². The molecule has 0 atom stereocenters. The zero-order valence-corrected chi connectivity index (χ0v) is 26.5. The van der Waals surface area contributed by atoms with Crippen LogP contribution in [0.5, 0.6) is 0 Å². The fourth-order valence-electron chi connectivity index (χ4n) is 7.51. The summed E-state index contributed by atoms with van der Waals surface area (Å²) in [7, 11) is 0. The van der Waals surface area contributed by atoms with Crippen LogP contribution in [0.4, 0.5) is 10.5 Å². The number of anilines is 1. The van der Waals surface area contributed by atoms with Gasteiger partial charge in [0.15, 0.2) is 0 Å². The quantitative estimate of drug-likeness (QED) is 0.216. The standard InChI is InChI=1S/C36H44N4O5/c1-23(2)40(24(3)41)30-16-10-25(11-17-30)18-32(42)38-29-19-31(26-8-6-5-7-9-26)33(37-20-29)27-12-14-28(15-13-27)36(39-34(43)44)21-35(4,45)22-36/h5-9,12-15,19-20,23,25,30,39,45H,10-11,16-18,21-22H2,1-4H3,(H,38,42)(H,43,44). The van der Waals surface area contributed by atoms with Crippen LogP contribution < -0.4 is 10.6 Å². The Morgan fingerprint density at radius 2 is 1.62 bits per heavy atom. The number of aromatic nitrogens is 1. The molecule has 2 fully saturated rings. The molecule has 2 aromatic carbocycles. The van der Waals surface area contributed by atoms with Gasteiger partial charge in [0.25, 0.3) is 0 Å². The summed E-state index contributed by atoms with van der Waals surface area (Å²) in [4.78, 5) is 43.6. The van der Waals surface area contributed by atoms with Gasteiger partial charge in [0.05, 0.1) is 28.7 Å². The van der Waals surface area contributed by atoms with E-state index in [9.17, 15) is 24.6 Å². The summed E-state index contributed by atoms with van der Waals surface area (Å²) in [5.74, 6) is 0.343. The first-order valence-electron chi connectivity index (χ1n) is 15.8. The lowest BCUT2D eigenvalue weighted by Gasteiger charge is -2.51. The largest absolute Gasteiger partial charge is 0.465 e. The van der Waals surface area contributed by atoms with Gasteiger partial charge in [0.2, 0.25) is 11.8 Å². The van der Waals surface area contributed by atoms with Gasteiger partial charge < -0.3 is 25.7 Å². The van der Waals surface area contributed by atoms with Crippen LogP contribution in [0.1, 0.15) is 78.2 Å². The minimum absolute atomic E-state index is 0.0451. The fraction of sp³-hybridized carbons (Fsp3) is 0.444. The van der Waals surface area contributed by atoms with E-state index in [1.54, 1.807) is 20.0 Å². The van der Waals surface area contributed by atoms with Crippen molar-refractivity contribution in [1.29, 1.82) is 0 Å². The first-order chi connectivity index (χ1) is 21.4. The molecule has 238 valence electrons. The molecule has 2 aliphatic carbocycles. The molecule has 9 nitrogen and oxygen atoms in total. The lowest BCUT2D eigenvalue weighted by atomic mass is 9.62. The molecule has 3 amide bonds. The van der Waals surface area contributed by atoms with Crippen molar-refractivity contribution in [1.82, 2.24) is 15.2 Å². The zero-order valence-electron chi connectivity index (χ0n) is 26.5. The summed E-state index contributed by atoms with van der Waals surface area (Å²) >= 11 is 0. The van der Waals surface area contributed by atoms with E-state index in [4.69, 9.17) is 4.98 Å². The highest BCUT2D eigenvalue weighted by Crippen LogP contribution is 2.48. The molecule has 0 spiro atoms. The third-order valence-corrected chi connectivity index (χ3v) is 9.28. The Hall–Kier alpha value is -4.24. The van der Waals surface area contributed by atoms with E-state index in [1.807, 2.05) is 65.6 Å². The second kappa shape index (κ2) is 13.0. The van der Waals surface area contributed by atoms with Crippen molar-refractivity contribution in [3.8, 4) is 22.4 Å². The molecule has 0 unspecified atom stereocenters. The first kappa shape index (κ1) is 32.2. The lowest BCUT2D eigenvalue weighted by molar-refractivity contribution is -0.134. The molecule has 0 saturated heterocycles. The summed E-state index contributed by atoms with van der Waals surface area (Å²) in [6.07, 6.45) is 5.22.